The Morgan fingerprint density at radius 1 is 1.15 bits per heavy atom. The number of benzene rings is 2. The molecule has 2 rings (SSSR count). The fourth-order valence-corrected chi connectivity index (χ4v) is 4.13. The summed E-state index contributed by atoms with van der Waals surface area (Å²) in [5.41, 5.74) is 1.18. The molecule has 0 aromatic heterocycles. The van der Waals surface area contributed by atoms with Crippen LogP contribution in [0.4, 0.5) is 0 Å². The van der Waals surface area contributed by atoms with Gasteiger partial charge >= 0.3 is 5.97 Å². The monoisotopic (exact) mass is 391 g/mol. The second kappa shape index (κ2) is 8.22. The van der Waals surface area contributed by atoms with Gasteiger partial charge in [-0.25, -0.2) is 13.2 Å². The quantitative estimate of drug-likeness (QED) is 0.726. The summed E-state index contributed by atoms with van der Waals surface area (Å²) in [6.07, 6.45) is -0.104. The Labute approximate surface area is 157 Å². The molecule has 27 heavy (non-hydrogen) atoms. The number of carbonyl (C=O) groups is 2. The minimum absolute atomic E-state index is 0.0640. The molecule has 0 aliphatic carbocycles. The molecule has 0 saturated carbocycles. The number of methoxy groups -OCH3 is 1. The number of ether oxygens (including phenoxy) is 1. The van der Waals surface area contributed by atoms with Crippen molar-refractivity contribution in [3.8, 4) is 5.75 Å². The topological polar surface area (TPSA) is 110 Å². The van der Waals surface area contributed by atoms with Crippen molar-refractivity contribution < 1.29 is 27.9 Å². The lowest BCUT2D eigenvalue weighted by Gasteiger charge is -2.18. The first-order valence-corrected chi connectivity index (χ1v) is 9.62. The molecule has 2 aromatic carbocycles. The number of rotatable bonds is 6. The molecule has 2 aromatic rings. The predicted molar refractivity (Wildman–Crippen MR) is 98.1 cm³/mol. The number of sulfone groups is 1. The third-order valence-electron chi connectivity index (χ3n) is 3.96. The predicted octanol–water partition coefficient (Wildman–Crippen LogP) is 1.75. The number of hydrogen-bond donors (Lipinski definition) is 2. The lowest BCUT2D eigenvalue weighted by Crippen LogP contribution is -2.42. The molecule has 8 heteroatoms. The molecule has 0 radical (unpaired) electrons. The summed E-state index contributed by atoms with van der Waals surface area (Å²) in [7, 11) is -2.76. The van der Waals surface area contributed by atoms with Crippen molar-refractivity contribution in [2.45, 2.75) is 36.1 Å². The van der Waals surface area contributed by atoms with Crippen molar-refractivity contribution in [2.24, 2.45) is 0 Å². The van der Waals surface area contributed by atoms with Crippen LogP contribution in [0.1, 0.15) is 18.1 Å². The minimum Gasteiger partial charge on any atom is -0.508 e. The van der Waals surface area contributed by atoms with Crippen LogP contribution in [-0.2, 0) is 30.6 Å². The number of aromatic hydroxyl groups is 1. The van der Waals surface area contributed by atoms with Gasteiger partial charge in [0.05, 0.1) is 16.9 Å². The van der Waals surface area contributed by atoms with E-state index >= 15 is 0 Å². The van der Waals surface area contributed by atoms with Crippen molar-refractivity contribution in [1.82, 2.24) is 5.32 Å². The van der Waals surface area contributed by atoms with Crippen LogP contribution in [0.5, 0.6) is 5.75 Å². The van der Waals surface area contributed by atoms with Crippen LogP contribution in [0, 0.1) is 6.92 Å². The Hall–Kier alpha value is -2.87. The fraction of sp³-hybridized carbons (Fsp3) is 0.263. The van der Waals surface area contributed by atoms with E-state index in [1.54, 1.807) is 12.1 Å². The van der Waals surface area contributed by atoms with E-state index < -0.39 is 27.8 Å². The van der Waals surface area contributed by atoms with Crippen LogP contribution in [0.25, 0.3) is 0 Å². The normalized spacial score (nSPS) is 12.3. The van der Waals surface area contributed by atoms with Crippen molar-refractivity contribution >= 4 is 21.7 Å². The SMILES string of the molecule is COC(=O)[C@H](Cc1ccc(O)cc1S(=O)(=O)c1ccc(C)cc1)NC(C)=O. The minimum atomic E-state index is -3.94. The molecule has 144 valence electrons. The van der Waals surface area contributed by atoms with Crippen LogP contribution in [0.2, 0.25) is 0 Å². The maximum Gasteiger partial charge on any atom is 0.328 e. The summed E-state index contributed by atoms with van der Waals surface area (Å²) < 4.78 is 30.8. The summed E-state index contributed by atoms with van der Waals surface area (Å²) in [4.78, 5) is 23.3. The molecule has 0 fully saturated rings. The van der Waals surface area contributed by atoms with E-state index in [9.17, 15) is 23.1 Å². The van der Waals surface area contributed by atoms with Gasteiger partial charge in [0.15, 0.2) is 0 Å². The average molecular weight is 391 g/mol. The number of phenols is 1. The van der Waals surface area contributed by atoms with Crippen molar-refractivity contribution in [2.75, 3.05) is 7.11 Å². The van der Waals surface area contributed by atoms with Crippen molar-refractivity contribution in [3.05, 3.63) is 53.6 Å². The first-order chi connectivity index (χ1) is 12.6. The average Bonchev–Trinajstić information content (AvgIpc) is 2.61. The van der Waals surface area contributed by atoms with Crippen LogP contribution < -0.4 is 5.32 Å². The molecule has 2 N–H and O–H groups in total. The zero-order valence-corrected chi connectivity index (χ0v) is 16.0. The Morgan fingerprint density at radius 2 is 1.78 bits per heavy atom. The largest absolute Gasteiger partial charge is 0.508 e. The van der Waals surface area contributed by atoms with Gasteiger partial charge in [-0.05, 0) is 36.8 Å². The van der Waals surface area contributed by atoms with Gasteiger partial charge in [-0.1, -0.05) is 23.8 Å². The second-order valence-electron chi connectivity index (χ2n) is 6.09. The van der Waals surface area contributed by atoms with Gasteiger partial charge in [-0.2, -0.15) is 0 Å². The second-order valence-corrected chi connectivity index (χ2v) is 8.01. The van der Waals surface area contributed by atoms with Gasteiger partial charge in [0.2, 0.25) is 15.7 Å². The standard InChI is InChI=1S/C19H21NO6S/c1-12-4-8-16(9-5-12)27(24,25)18-11-15(22)7-6-14(18)10-17(19(23)26-3)20-13(2)21/h4-9,11,17,22H,10H2,1-3H3,(H,20,21)/t17-/m0/s1. The zero-order chi connectivity index (χ0) is 20.2. The van der Waals surface area contributed by atoms with E-state index in [4.69, 9.17) is 0 Å². The summed E-state index contributed by atoms with van der Waals surface area (Å²) in [5.74, 6) is -1.37. The molecular weight excluding hydrogens is 370 g/mol. The zero-order valence-electron chi connectivity index (χ0n) is 15.2. The summed E-state index contributed by atoms with van der Waals surface area (Å²) in [6.45, 7) is 3.08. The fourth-order valence-electron chi connectivity index (χ4n) is 2.61. The van der Waals surface area contributed by atoms with E-state index in [1.807, 2.05) is 6.92 Å². The number of amides is 1. The Bertz CT molecular complexity index is 951. The van der Waals surface area contributed by atoms with Gasteiger partial charge in [0.25, 0.3) is 0 Å². The first kappa shape index (κ1) is 20.4. The highest BCUT2D eigenvalue weighted by Crippen LogP contribution is 2.28. The number of carbonyl (C=O) groups excluding carboxylic acids is 2. The van der Waals surface area contributed by atoms with Crippen molar-refractivity contribution in [1.29, 1.82) is 0 Å². The highest BCUT2D eigenvalue weighted by Gasteiger charge is 2.27. The Morgan fingerprint density at radius 3 is 2.33 bits per heavy atom. The molecule has 0 heterocycles. The molecule has 0 aliphatic heterocycles. The summed E-state index contributed by atoms with van der Waals surface area (Å²) in [5, 5.41) is 12.2. The smallest absolute Gasteiger partial charge is 0.328 e. The van der Waals surface area contributed by atoms with Crippen LogP contribution >= 0.6 is 0 Å². The van der Waals surface area contributed by atoms with Crippen molar-refractivity contribution in [3.63, 3.8) is 0 Å². The van der Waals surface area contributed by atoms with E-state index in [1.165, 1.54) is 38.3 Å². The number of aryl methyl sites for hydroxylation is 1. The van der Waals surface area contributed by atoms with Crippen LogP contribution in [0.3, 0.4) is 0 Å². The molecule has 0 saturated heterocycles. The highest BCUT2D eigenvalue weighted by atomic mass is 32.2. The Kier molecular flexibility index (Phi) is 6.22. The number of esters is 1. The number of hydrogen-bond acceptors (Lipinski definition) is 6. The molecule has 1 amide bonds. The van der Waals surface area contributed by atoms with E-state index in [2.05, 4.69) is 10.1 Å². The van der Waals surface area contributed by atoms with Gasteiger partial charge in [-0.15, -0.1) is 0 Å². The molecule has 7 nitrogen and oxygen atoms in total. The van der Waals surface area contributed by atoms with E-state index in [0.717, 1.165) is 11.6 Å². The van der Waals surface area contributed by atoms with E-state index in [-0.39, 0.29) is 27.5 Å². The third kappa shape index (κ3) is 4.85. The molecular formula is C19H21NO6S. The van der Waals surface area contributed by atoms with Crippen LogP contribution in [0.15, 0.2) is 52.3 Å². The number of nitrogens with one attached hydrogen (secondary N) is 1. The van der Waals surface area contributed by atoms with Gasteiger partial charge in [-0.3, -0.25) is 4.79 Å². The summed E-state index contributed by atoms with van der Waals surface area (Å²) >= 11 is 0. The maximum atomic E-state index is 13.0. The molecule has 1 atom stereocenters. The lowest BCUT2D eigenvalue weighted by molar-refractivity contribution is -0.144. The lowest BCUT2D eigenvalue weighted by atomic mass is 10.1. The molecule has 0 unspecified atom stereocenters. The van der Waals surface area contributed by atoms with Gasteiger partial charge in [0.1, 0.15) is 11.8 Å². The third-order valence-corrected chi connectivity index (χ3v) is 5.81. The number of phenolic OH excluding ortho intramolecular Hbond substituents is 1. The first-order valence-electron chi connectivity index (χ1n) is 8.13. The van der Waals surface area contributed by atoms with Crippen LogP contribution in [-0.4, -0.2) is 38.6 Å². The van der Waals surface area contributed by atoms with Gasteiger partial charge in [0, 0.05) is 13.3 Å². The summed E-state index contributed by atoms with van der Waals surface area (Å²) in [6, 6.07) is 9.11. The highest BCUT2D eigenvalue weighted by molar-refractivity contribution is 7.91. The van der Waals surface area contributed by atoms with E-state index in [0.29, 0.717) is 0 Å². The molecule has 0 bridgehead atoms. The maximum absolute atomic E-state index is 13.0. The van der Waals surface area contributed by atoms with Gasteiger partial charge < -0.3 is 15.2 Å². The Balaban J connectivity index is 2.51. The molecule has 0 aliphatic rings. The molecule has 0 spiro atoms.